The van der Waals surface area contributed by atoms with Crippen molar-refractivity contribution in [3.05, 3.63) is 29.8 Å². The van der Waals surface area contributed by atoms with Crippen LogP contribution in [0.25, 0.3) is 11.4 Å². The van der Waals surface area contributed by atoms with Crippen molar-refractivity contribution in [2.75, 3.05) is 7.11 Å². The zero-order valence-corrected chi connectivity index (χ0v) is 8.47. The Labute approximate surface area is 90.8 Å². The van der Waals surface area contributed by atoms with E-state index in [1.54, 1.807) is 24.3 Å². The van der Waals surface area contributed by atoms with E-state index in [0.717, 1.165) is 5.56 Å². The van der Waals surface area contributed by atoms with Gasteiger partial charge in [0.1, 0.15) is 0 Å². The number of hydroxylamine groups is 1. The van der Waals surface area contributed by atoms with Gasteiger partial charge in [-0.15, -0.1) is 10.2 Å². The fourth-order valence-corrected chi connectivity index (χ4v) is 1.21. The number of aromatic nitrogens is 4. The minimum absolute atomic E-state index is 0.304. The number of tetrazole rings is 1. The fraction of sp³-hybridized carbons (Fsp3) is 0.111. The number of nitrogens with one attached hydrogen (secondary N) is 2. The molecule has 1 heterocycles. The molecular formula is C9H9N5O2. The first-order chi connectivity index (χ1) is 7.81. The monoisotopic (exact) mass is 219 g/mol. The third-order valence-electron chi connectivity index (χ3n) is 1.95. The minimum atomic E-state index is -0.304. The first kappa shape index (κ1) is 10.2. The Hall–Kier alpha value is -2.28. The van der Waals surface area contributed by atoms with E-state index in [9.17, 15) is 4.79 Å². The zero-order chi connectivity index (χ0) is 11.4. The van der Waals surface area contributed by atoms with E-state index in [0.29, 0.717) is 11.4 Å². The van der Waals surface area contributed by atoms with Gasteiger partial charge >= 0.3 is 0 Å². The average Bonchev–Trinajstić information content (AvgIpc) is 2.83. The van der Waals surface area contributed by atoms with Crippen LogP contribution in [-0.4, -0.2) is 33.6 Å². The van der Waals surface area contributed by atoms with Gasteiger partial charge < -0.3 is 0 Å². The van der Waals surface area contributed by atoms with E-state index in [1.165, 1.54) is 7.11 Å². The van der Waals surface area contributed by atoms with Crippen LogP contribution in [0.5, 0.6) is 0 Å². The molecule has 0 radical (unpaired) electrons. The van der Waals surface area contributed by atoms with E-state index in [1.807, 2.05) is 0 Å². The summed E-state index contributed by atoms with van der Waals surface area (Å²) in [6, 6.07) is 6.77. The summed E-state index contributed by atoms with van der Waals surface area (Å²) in [6.45, 7) is 0. The van der Waals surface area contributed by atoms with Crippen LogP contribution in [0.4, 0.5) is 0 Å². The highest BCUT2D eigenvalue weighted by molar-refractivity contribution is 5.93. The summed E-state index contributed by atoms with van der Waals surface area (Å²) in [5, 5.41) is 13.5. The van der Waals surface area contributed by atoms with Crippen LogP contribution in [0.2, 0.25) is 0 Å². The molecule has 0 saturated carbocycles. The largest absolute Gasteiger partial charge is 0.277 e. The molecule has 0 saturated heterocycles. The van der Waals surface area contributed by atoms with Gasteiger partial charge in [-0.25, -0.2) is 5.48 Å². The number of carbonyl (C=O) groups is 1. The first-order valence-corrected chi connectivity index (χ1v) is 4.48. The highest BCUT2D eigenvalue weighted by Gasteiger charge is 2.06. The van der Waals surface area contributed by atoms with Gasteiger partial charge in [0.15, 0.2) is 0 Å². The number of hydrogen-bond donors (Lipinski definition) is 2. The van der Waals surface area contributed by atoms with Gasteiger partial charge in [-0.3, -0.25) is 9.63 Å². The molecule has 0 unspecified atom stereocenters. The Balaban J connectivity index is 2.20. The molecule has 2 N–H and O–H groups in total. The second-order valence-corrected chi connectivity index (χ2v) is 2.95. The molecule has 0 fully saturated rings. The predicted molar refractivity (Wildman–Crippen MR) is 54.1 cm³/mol. The number of carbonyl (C=O) groups excluding carboxylic acids is 1. The Morgan fingerprint density at radius 3 is 2.69 bits per heavy atom. The van der Waals surface area contributed by atoms with Crippen molar-refractivity contribution >= 4 is 5.91 Å². The summed E-state index contributed by atoms with van der Waals surface area (Å²) in [4.78, 5) is 15.9. The van der Waals surface area contributed by atoms with Gasteiger partial charge in [-0.05, 0) is 17.3 Å². The van der Waals surface area contributed by atoms with Gasteiger partial charge in [-0.2, -0.15) is 5.21 Å². The summed E-state index contributed by atoms with van der Waals surface area (Å²) in [5.74, 6) is 0.181. The lowest BCUT2D eigenvalue weighted by Gasteiger charge is -2.01. The third kappa shape index (κ3) is 2.04. The molecule has 16 heavy (non-hydrogen) atoms. The molecule has 0 aliphatic carbocycles. The minimum Gasteiger partial charge on any atom is -0.277 e. The predicted octanol–water partition coefficient (Wildman–Crippen LogP) is 0.158. The summed E-state index contributed by atoms with van der Waals surface area (Å²) in [6.07, 6.45) is 0. The standard InChI is InChI=1S/C9H9N5O2/c1-16-12-9(15)7-4-2-6(3-5-7)8-10-13-14-11-8/h2-5H,1H3,(H,12,15)(H,10,11,13,14). The van der Waals surface area contributed by atoms with Crippen LogP contribution < -0.4 is 5.48 Å². The normalized spacial score (nSPS) is 10.1. The van der Waals surface area contributed by atoms with Crippen LogP contribution in [0, 0.1) is 0 Å². The maximum atomic E-state index is 11.4. The molecule has 2 aromatic rings. The van der Waals surface area contributed by atoms with E-state index in [-0.39, 0.29) is 5.91 Å². The van der Waals surface area contributed by atoms with Crippen molar-refractivity contribution in [2.45, 2.75) is 0 Å². The molecule has 1 aromatic heterocycles. The Bertz CT molecular complexity index is 465. The maximum absolute atomic E-state index is 11.4. The summed E-state index contributed by atoms with van der Waals surface area (Å²) >= 11 is 0. The van der Waals surface area contributed by atoms with Gasteiger partial charge in [0.2, 0.25) is 5.82 Å². The third-order valence-corrected chi connectivity index (χ3v) is 1.95. The molecule has 0 atom stereocenters. The molecular weight excluding hydrogens is 210 g/mol. The van der Waals surface area contributed by atoms with Crippen LogP contribution in [0.3, 0.4) is 0 Å². The van der Waals surface area contributed by atoms with Crippen molar-refractivity contribution < 1.29 is 9.63 Å². The quantitative estimate of drug-likeness (QED) is 0.717. The molecule has 1 amide bonds. The highest BCUT2D eigenvalue weighted by atomic mass is 16.6. The number of nitrogens with zero attached hydrogens (tertiary/aromatic N) is 3. The van der Waals surface area contributed by atoms with Crippen molar-refractivity contribution in [3.8, 4) is 11.4 Å². The topological polar surface area (TPSA) is 92.8 Å². The van der Waals surface area contributed by atoms with Crippen molar-refractivity contribution in [1.82, 2.24) is 26.1 Å². The van der Waals surface area contributed by atoms with Crippen molar-refractivity contribution in [3.63, 3.8) is 0 Å². The second kappa shape index (κ2) is 4.49. The molecule has 7 nitrogen and oxygen atoms in total. The van der Waals surface area contributed by atoms with E-state index < -0.39 is 0 Å². The van der Waals surface area contributed by atoms with Crippen molar-refractivity contribution in [1.29, 1.82) is 0 Å². The van der Waals surface area contributed by atoms with E-state index in [2.05, 4.69) is 30.9 Å². The van der Waals surface area contributed by atoms with Gasteiger partial charge in [0, 0.05) is 11.1 Å². The molecule has 1 aromatic carbocycles. The lowest BCUT2D eigenvalue weighted by Crippen LogP contribution is -2.21. The maximum Gasteiger partial charge on any atom is 0.274 e. The van der Waals surface area contributed by atoms with Crippen molar-refractivity contribution in [2.24, 2.45) is 0 Å². The Kier molecular flexibility index (Phi) is 2.88. The molecule has 2 rings (SSSR count). The summed E-state index contributed by atoms with van der Waals surface area (Å²) < 4.78 is 0. The Morgan fingerprint density at radius 2 is 2.12 bits per heavy atom. The number of H-pyrrole nitrogens is 1. The average molecular weight is 219 g/mol. The molecule has 0 aliphatic rings. The fourth-order valence-electron chi connectivity index (χ4n) is 1.21. The van der Waals surface area contributed by atoms with Crippen LogP contribution in [-0.2, 0) is 4.84 Å². The molecule has 0 spiro atoms. The lowest BCUT2D eigenvalue weighted by atomic mass is 10.1. The molecule has 0 bridgehead atoms. The zero-order valence-electron chi connectivity index (χ0n) is 8.47. The highest BCUT2D eigenvalue weighted by Crippen LogP contribution is 2.13. The summed E-state index contributed by atoms with van der Waals surface area (Å²) in [7, 11) is 1.38. The summed E-state index contributed by atoms with van der Waals surface area (Å²) in [5.41, 5.74) is 3.50. The smallest absolute Gasteiger partial charge is 0.274 e. The van der Waals surface area contributed by atoms with Gasteiger partial charge in [-0.1, -0.05) is 12.1 Å². The molecule has 0 aliphatic heterocycles. The SMILES string of the molecule is CONC(=O)c1ccc(-c2nn[nH]n2)cc1. The first-order valence-electron chi connectivity index (χ1n) is 4.48. The van der Waals surface area contributed by atoms with Gasteiger partial charge in [0.05, 0.1) is 7.11 Å². The number of amides is 1. The van der Waals surface area contributed by atoms with E-state index >= 15 is 0 Å². The number of hydrogen-bond acceptors (Lipinski definition) is 5. The van der Waals surface area contributed by atoms with Crippen LogP contribution in [0.1, 0.15) is 10.4 Å². The number of aromatic amines is 1. The van der Waals surface area contributed by atoms with E-state index in [4.69, 9.17) is 0 Å². The molecule has 7 heteroatoms. The number of benzene rings is 1. The van der Waals surface area contributed by atoms with Gasteiger partial charge in [0.25, 0.3) is 5.91 Å². The molecule has 82 valence electrons. The number of rotatable bonds is 3. The lowest BCUT2D eigenvalue weighted by molar-refractivity contribution is 0.0537. The Morgan fingerprint density at radius 1 is 1.38 bits per heavy atom. The van der Waals surface area contributed by atoms with Crippen LogP contribution >= 0.6 is 0 Å². The van der Waals surface area contributed by atoms with Crippen LogP contribution in [0.15, 0.2) is 24.3 Å². The second-order valence-electron chi connectivity index (χ2n) is 2.95.